The minimum Gasteiger partial charge on any atom is -0.376 e. The van der Waals surface area contributed by atoms with E-state index in [9.17, 15) is 9.59 Å². The van der Waals surface area contributed by atoms with Crippen LogP contribution < -0.4 is 5.32 Å². The van der Waals surface area contributed by atoms with Crippen molar-refractivity contribution in [2.75, 3.05) is 19.7 Å². The topological polar surface area (TPSA) is 58.6 Å². The Morgan fingerprint density at radius 3 is 3.00 bits per heavy atom. The smallest absolute Gasteiger partial charge is 0.241 e. The number of carbonyl (C=O) groups excluding carboxylic acids is 2. The highest BCUT2D eigenvalue weighted by molar-refractivity contribution is 8.24. The maximum absolute atomic E-state index is 11.7. The molecule has 2 saturated heterocycles. The van der Waals surface area contributed by atoms with Crippen molar-refractivity contribution in [3.63, 3.8) is 0 Å². The molecule has 0 saturated carbocycles. The van der Waals surface area contributed by atoms with Gasteiger partial charge in [0, 0.05) is 13.2 Å². The lowest BCUT2D eigenvalue weighted by atomic mass is 10.2. The van der Waals surface area contributed by atoms with Crippen LogP contribution >= 0.6 is 24.0 Å². The van der Waals surface area contributed by atoms with Crippen LogP contribution in [0.2, 0.25) is 0 Å². The quantitative estimate of drug-likeness (QED) is 0.765. The lowest BCUT2D eigenvalue weighted by Gasteiger charge is -2.16. The summed E-state index contributed by atoms with van der Waals surface area (Å²) in [5.41, 5.74) is 0. The van der Waals surface area contributed by atoms with Gasteiger partial charge in [0.05, 0.1) is 11.4 Å². The number of carbonyl (C=O) groups is 2. The molecule has 2 unspecified atom stereocenters. The maximum Gasteiger partial charge on any atom is 0.241 e. The number of thioether (sulfide) groups is 1. The van der Waals surface area contributed by atoms with Crippen LogP contribution in [0.25, 0.3) is 0 Å². The second kappa shape index (κ2) is 5.99. The van der Waals surface area contributed by atoms with Crippen LogP contribution in [0.15, 0.2) is 0 Å². The van der Waals surface area contributed by atoms with Gasteiger partial charge in [-0.3, -0.25) is 14.5 Å². The molecule has 100 valence electrons. The molecule has 2 heterocycles. The summed E-state index contributed by atoms with van der Waals surface area (Å²) in [6, 6.07) is 0. The molecule has 0 bridgehead atoms. The molecule has 2 fully saturated rings. The van der Waals surface area contributed by atoms with Crippen LogP contribution in [-0.4, -0.2) is 52.1 Å². The summed E-state index contributed by atoms with van der Waals surface area (Å²) in [4.78, 5) is 24.8. The molecule has 2 aliphatic heterocycles. The highest BCUT2D eigenvalue weighted by Crippen LogP contribution is 2.26. The minimum atomic E-state index is -0.184. The third-order valence-electron chi connectivity index (χ3n) is 2.96. The summed E-state index contributed by atoms with van der Waals surface area (Å²) in [6.45, 7) is 3.09. The Morgan fingerprint density at radius 2 is 2.44 bits per heavy atom. The first-order valence-electron chi connectivity index (χ1n) is 5.98. The molecule has 2 amide bonds. The first-order valence-corrected chi connectivity index (χ1v) is 7.27. The Balaban J connectivity index is 1.76. The molecule has 0 radical (unpaired) electrons. The molecule has 5 nitrogen and oxygen atoms in total. The number of nitrogens with one attached hydrogen (secondary N) is 1. The summed E-state index contributed by atoms with van der Waals surface area (Å²) in [6.07, 6.45) is 2.14. The molecule has 0 aromatic rings. The zero-order chi connectivity index (χ0) is 13.1. The van der Waals surface area contributed by atoms with Gasteiger partial charge in [0.2, 0.25) is 11.8 Å². The Bertz CT molecular complexity index is 369. The summed E-state index contributed by atoms with van der Waals surface area (Å²) in [7, 11) is 0. The van der Waals surface area contributed by atoms with Crippen molar-refractivity contribution in [3.8, 4) is 0 Å². The van der Waals surface area contributed by atoms with Crippen LogP contribution in [0.3, 0.4) is 0 Å². The van der Waals surface area contributed by atoms with Gasteiger partial charge < -0.3 is 10.1 Å². The fourth-order valence-electron chi connectivity index (χ4n) is 1.95. The first kappa shape index (κ1) is 13.8. The molecule has 0 aromatic heterocycles. The van der Waals surface area contributed by atoms with Crippen molar-refractivity contribution in [3.05, 3.63) is 0 Å². The largest absolute Gasteiger partial charge is 0.376 e. The van der Waals surface area contributed by atoms with Crippen molar-refractivity contribution in [1.82, 2.24) is 10.2 Å². The van der Waals surface area contributed by atoms with Crippen LogP contribution in [-0.2, 0) is 14.3 Å². The van der Waals surface area contributed by atoms with Gasteiger partial charge in [-0.1, -0.05) is 24.0 Å². The third-order valence-corrected chi connectivity index (χ3v) is 4.45. The van der Waals surface area contributed by atoms with E-state index in [-0.39, 0.29) is 29.7 Å². The summed E-state index contributed by atoms with van der Waals surface area (Å²) in [5.74, 6) is -0.270. The average Bonchev–Trinajstić information content (AvgIpc) is 2.92. The second-order valence-corrected chi connectivity index (χ2v) is 6.36. The molecular formula is C11H16N2O3S2. The standard InChI is InChI=1S/C11H16N2O3S2/c1-7-10(15)13(11(17)18-7)6-9(14)12-5-8-3-2-4-16-8/h7-8H,2-6H2,1H3,(H,12,14). The van der Waals surface area contributed by atoms with Gasteiger partial charge in [-0.15, -0.1) is 0 Å². The third kappa shape index (κ3) is 3.21. The summed E-state index contributed by atoms with van der Waals surface area (Å²) < 4.78 is 5.89. The Labute approximate surface area is 116 Å². The number of hydrogen-bond donors (Lipinski definition) is 1. The van der Waals surface area contributed by atoms with Crippen LogP contribution in [0, 0.1) is 0 Å². The summed E-state index contributed by atoms with van der Waals surface area (Å²) in [5, 5.41) is 2.60. The van der Waals surface area contributed by atoms with E-state index < -0.39 is 0 Å². The van der Waals surface area contributed by atoms with E-state index >= 15 is 0 Å². The molecule has 1 N–H and O–H groups in total. The molecule has 0 spiro atoms. The molecule has 2 aliphatic rings. The second-order valence-electron chi connectivity index (χ2n) is 4.39. The van der Waals surface area contributed by atoms with Crippen LogP contribution in [0.4, 0.5) is 0 Å². The Kier molecular flexibility index (Phi) is 4.58. The highest BCUT2D eigenvalue weighted by Gasteiger charge is 2.34. The maximum atomic E-state index is 11.7. The van der Waals surface area contributed by atoms with Gasteiger partial charge in [-0.2, -0.15) is 0 Å². The Hall–Kier alpha value is -0.660. The van der Waals surface area contributed by atoms with E-state index in [4.69, 9.17) is 17.0 Å². The zero-order valence-electron chi connectivity index (χ0n) is 10.2. The monoisotopic (exact) mass is 288 g/mol. The van der Waals surface area contributed by atoms with Gasteiger partial charge in [-0.25, -0.2) is 0 Å². The Morgan fingerprint density at radius 1 is 1.67 bits per heavy atom. The number of nitrogens with zero attached hydrogens (tertiary/aromatic N) is 1. The van der Waals surface area contributed by atoms with Crippen molar-refractivity contribution in [2.24, 2.45) is 0 Å². The van der Waals surface area contributed by atoms with Crippen LogP contribution in [0.5, 0.6) is 0 Å². The van der Waals surface area contributed by atoms with Gasteiger partial charge in [0.15, 0.2) is 0 Å². The van der Waals surface area contributed by atoms with Gasteiger partial charge in [-0.05, 0) is 19.8 Å². The lowest BCUT2D eigenvalue weighted by Crippen LogP contribution is -2.42. The van der Waals surface area contributed by atoms with E-state index in [0.717, 1.165) is 19.4 Å². The number of ether oxygens (including phenoxy) is 1. The molecule has 2 atom stereocenters. The molecule has 0 aromatic carbocycles. The first-order chi connectivity index (χ1) is 8.58. The van der Waals surface area contributed by atoms with Crippen molar-refractivity contribution < 1.29 is 14.3 Å². The van der Waals surface area contributed by atoms with Crippen molar-refractivity contribution in [2.45, 2.75) is 31.1 Å². The minimum absolute atomic E-state index is 0.0156. The van der Waals surface area contributed by atoms with E-state index in [0.29, 0.717) is 10.9 Å². The molecular weight excluding hydrogens is 272 g/mol. The van der Waals surface area contributed by atoms with Gasteiger partial charge in [0.25, 0.3) is 0 Å². The normalized spacial score (nSPS) is 27.9. The van der Waals surface area contributed by atoms with E-state index in [2.05, 4.69) is 5.32 Å². The zero-order valence-corrected chi connectivity index (χ0v) is 11.8. The molecule has 0 aliphatic carbocycles. The fraction of sp³-hybridized carbons (Fsp3) is 0.727. The number of rotatable bonds is 4. The SMILES string of the molecule is CC1SC(=S)N(CC(=O)NCC2CCCO2)C1=O. The van der Waals surface area contributed by atoms with Gasteiger partial charge in [0.1, 0.15) is 10.9 Å². The molecule has 2 rings (SSSR count). The van der Waals surface area contributed by atoms with E-state index in [1.165, 1.54) is 16.7 Å². The van der Waals surface area contributed by atoms with Crippen molar-refractivity contribution in [1.29, 1.82) is 0 Å². The predicted molar refractivity (Wildman–Crippen MR) is 73.3 cm³/mol. The van der Waals surface area contributed by atoms with Gasteiger partial charge >= 0.3 is 0 Å². The highest BCUT2D eigenvalue weighted by atomic mass is 32.2. The predicted octanol–water partition coefficient (Wildman–Crippen LogP) is 0.530. The number of hydrogen-bond acceptors (Lipinski definition) is 5. The number of amides is 2. The van der Waals surface area contributed by atoms with Crippen LogP contribution in [0.1, 0.15) is 19.8 Å². The average molecular weight is 288 g/mol. The summed E-state index contributed by atoms with van der Waals surface area (Å²) >= 11 is 6.39. The van der Waals surface area contributed by atoms with E-state index in [1.54, 1.807) is 6.92 Å². The molecule has 7 heteroatoms. The van der Waals surface area contributed by atoms with Crippen molar-refractivity contribution >= 4 is 40.1 Å². The molecule has 18 heavy (non-hydrogen) atoms. The fourth-order valence-corrected chi connectivity index (χ4v) is 3.35. The lowest BCUT2D eigenvalue weighted by molar-refractivity contribution is -0.131. The number of thiocarbonyl (C=S) groups is 1. The van der Waals surface area contributed by atoms with E-state index in [1.807, 2.05) is 0 Å².